The van der Waals surface area contributed by atoms with Crippen molar-refractivity contribution in [3.63, 3.8) is 0 Å². The normalized spacial score (nSPS) is 10.4. The van der Waals surface area contributed by atoms with Crippen molar-refractivity contribution in [2.45, 2.75) is 20.4 Å². The molecule has 1 amide bonds. The van der Waals surface area contributed by atoms with Crippen molar-refractivity contribution >= 4 is 17.3 Å². The number of aromatic nitrogens is 2. The zero-order chi connectivity index (χ0) is 15.6. The number of carbonyl (C=O) groups is 1. The quantitative estimate of drug-likeness (QED) is 0.637. The van der Waals surface area contributed by atoms with Crippen LogP contribution in [-0.4, -0.2) is 27.7 Å². The Morgan fingerprint density at radius 2 is 1.95 bits per heavy atom. The summed E-state index contributed by atoms with van der Waals surface area (Å²) in [4.78, 5) is 24.2. The van der Waals surface area contributed by atoms with Gasteiger partial charge in [0.1, 0.15) is 17.9 Å². The minimum Gasteiger partial charge on any atom is -0.314 e. The maximum absolute atomic E-state index is 12.3. The Bertz CT molecular complexity index is 679. The molecule has 7 nitrogen and oxygen atoms in total. The van der Waals surface area contributed by atoms with Crippen LogP contribution in [0.3, 0.4) is 0 Å². The molecule has 1 heterocycles. The van der Waals surface area contributed by atoms with Gasteiger partial charge in [0.05, 0.1) is 4.92 Å². The van der Waals surface area contributed by atoms with E-state index in [1.165, 1.54) is 9.58 Å². The molecular formula is C14H16N4O3. The number of aryl methyl sites for hydroxylation is 1. The van der Waals surface area contributed by atoms with E-state index in [2.05, 4.69) is 5.10 Å². The van der Waals surface area contributed by atoms with E-state index in [0.29, 0.717) is 11.4 Å². The zero-order valence-electron chi connectivity index (χ0n) is 12.1. The molecule has 0 radical (unpaired) electrons. The molecule has 0 aliphatic rings. The Hall–Kier alpha value is -2.70. The van der Waals surface area contributed by atoms with Crippen molar-refractivity contribution in [3.05, 3.63) is 51.8 Å². The van der Waals surface area contributed by atoms with Gasteiger partial charge in [0.2, 0.25) is 5.91 Å². The first kappa shape index (κ1) is 14.7. The van der Waals surface area contributed by atoms with Crippen molar-refractivity contribution < 1.29 is 9.72 Å². The first-order chi connectivity index (χ1) is 9.91. The van der Waals surface area contributed by atoms with Crippen LogP contribution in [-0.2, 0) is 11.3 Å². The highest BCUT2D eigenvalue weighted by Crippen LogP contribution is 2.22. The molecule has 7 heteroatoms. The van der Waals surface area contributed by atoms with Gasteiger partial charge in [-0.15, -0.1) is 0 Å². The fraction of sp³-hybridized carbons (Fsp3) is 0.286. The minimum atomic E-state index is -0.473. The van der Waals surface area contributed by atoms with Crippen LogP contribution in [0.15, 0.2) is 30.3 Å². The molecule has 110 valence electrons. The minimum absolute atomic E-state index is 0.0358. The molecular weight excluding hydrogens is 272 g/mol. The molecule has 0 saturated carbocycles. The van der Waals surface area contributed by atoms with Crippen LogP contribution in [0.25, 0.3) is 0 Å². The summed E-state index contributed by atoms with van der Waals surface area (Å²) in [6, 6.07) is 9.19. The Balaban J connectivity index is 2.21. The highest BCUT2D eigenvalue weighted by Gasteiger charge is 2.23. The summed E-state index contributed by atoms with van der Waals surface area (Å²) in [6.07, 6.45) is 0. The van der Waals surface area contributed by atoms with Crippen LogP contribution in [0.4, 0.5) is 11.4 Å². The van der Waals surface area contributed by atoms with Crippen LogP contribution in [0, 0.1) is 24.0 Å². The molecule has 21 heavy (non-hydrogen) atoms. The van der Waals surface area contributed by atoms with Crippen molar-refractivity contribution in [2.75, 3.05) is 11.9 Å². The number of benzene rings is 1. The molecule has 0 saturated heterocycles. The lowest BCUT2D eigenvalue weighted by Gasteiger charge is -2.17. The lowest BCUT2D eigenvalue weighted by Crippen LogP contribution is -2.30. The number of likely N-dealkylation sites (N-methyl/N-ethyl adjacent to an activating group) is 1. The van der Waals surface area contributed by atoms with Crippen LogP contribution in [0.5, 0.6) is 0 Å². The SMILES string of the molecule is Cc1nn(CC(=O)N(C)c2ccccc2)c(C)c1[N+](=O)[O-]. The highest BCUT2D eigenvalue weighted by atomic mass is 16.6. The second-order valence-corrected chi connectivity index (χ2v) is 4.72. The van der Waals surface area contributed by atoms with Gasteiger partial charge in [0, 0.05) is 12.7 Å². The summed E-state index contributed by atoms with van der Waals surface area (Å²) in [5, 5.41) is 15.0. The number of carbonyl (C=O) groups excluding carboxylic acids is 1. The monoisotopic (exact) mass is 288 g/mol. The Morgan fingerprint density at radius 3 is 2.48 bits per heavy atom. The summed E-state index contributed by atoms with van der Waals surface area (Å²) in [7, 11) is 1.66. The number of nitrogens with zero attached hydrogens (tertiary/aromatic N) is 4. The summed E-state index contributed by atoms with van der Waals surface area (Å²) in [5.41, 5.74) is 1.42. The van der Waals surface area contributed by atoms with Crippen LogP contribution >= 0.6 is 0 Å². The van der Waals surface area contributed by atoms with E-state index in [1.807, 2.05) is 30.3 Å². The van der Waals surface area contributed by atoms with Gasteiger partial charge < -0.3 is 4.90 Å². The molecule has 1 aromatic heterocycles. The van der Waals surface area contributed by atoms with Crippen LogP contribution in [0.2, 0.25) is 0 Å². The van der Waals surface area contributed by atoms with Gasteiger partial charge in [-0.1, -0.05) is 18.2 Å². The topological polar surface area (TPSA) is 81.3 Å². The van der Waals surface area contributed by atoms with Gasteiger partial charge in [-0.05, 0) is 26.0 Å². The van der Waals surface area contributed by atoms with Gasteiger partial charge in [-0.25, -0.2) is 0 Å². The molecule has 2 rings (SSSR count). The third-order valence-electron chi connectivity index (χ3n) is 3.33. The number of nitro groups is 1. The molecule has 0 aliphatic carbocycles. The molecule has 0 bridgehead atoms. The van der Waals surface area contributed by atoms with E-state index in [0.717, 1.165) is 5.69 Å². The number of para-hydroxylation sites is 1. The molecule has 0 spiro atoms. The number of rotatable bonds is 4. The molecule has 0 unspecified atom stereocenters. The molecule has 0 N–H and O–H groups in total. The Kier molecular flexibility index (Phi) is 4.02. The molecule has 0 aliphatic heterocycles. The standard InChI is InChI=1S/C14H16N4O3/c1-10-14(18(20)21)11(2)17(15-10)9-13(19)16(3)12-7-5-4-6-8-12/h4-8H,9H2,1-3H3. The predicted molar refractivity (Wildman–Crippen MR) is 78.2 cm³/mol. The smallest absolute Gasteiger partial charge is 0.312 e. The largest absolute Gasteiger partial charge is 0.314 e. The number of hydrogen-bond donors (Lipinski definition) is 0. The van der Waals surface area contributed by atoms with Crippen molar-refractivity contribution in [3.8, 4) is 0 Å². The molecule has 0 atom stereocenters. The summed E-state index contributed by atoms with van der Waals surface area (Å²) < 4.78 is 1.37. The van der Waals surface area contributed by atoms with Gasteiger partial charge in [0.25, 0.3) is 0 Å². The van der Waals surface area contributed by atoms with Gasteiger partial charge in [-0.2, -0.15) is 5.10 Å². The van der Waals surface area contributed by atoms with E-state index in [9.17, 15) is 14.9 Å². The maximum Gasteiger partial charge on any atom is 0.312 e. The molecule has 1 aromatic carbocycles. The predicted octanol–water partition coefficient (Wildman–Crippen LogP) is 2.07. The number of amides is 1. The van der Waals surface area contributed by atoms with Crippen LogP contribution in [0.1, 0.15) is 11.4 Å². The second kappa shape index (κ2) is 5.74. The number of anilines is 1. The van der Waals surface area contributed by atoms with E-state index >= 15 is 0 Å². The highest BCUT2D eigenvalue weighted by molar-refractivity contribution is 5.92. The lowest BCUT2D eigenvalue weighted by molar-refractivity contribution is -0.386. The van der Waals surface area contributed by atoms with Crippen molar-refractivity contribution in [1.29, 1.82) is 0 Å². The molecule has 2 aromatic rings. The third kappa shape index (κ3) is 2.91. The Morgan fingerprint density at radius 1 is 1.33 bits per heavy atom. The third-order valence-corrected chi connectivity index (χ3v) is 3.33. The van der Waals surface area contributed by atoms with E-state index in [4.69, 9.17) is 0 Å². The first-order valence-electron chi connectivity index (χ1n) is 6.41. The van der Waals surface area contributed by atoms with E-state index in [-0.39, 0.29) is 18.1 Å². The summed E-state index contributed by atoms with van der Waals surface area (Å²) in [6.45, 7) is 3.12. The maximum atomic E-state index is 12.3. The van der Waals surface area contributed by atoms with Gasteiger partial charge >= 0.3 is 5.69 Å². The van der Waals surface area contributed by atoms with Gasteiger partial charge in [0.15, 0.2) is 0 Å². The average Bonchev–Trinajstić information content (AvgIpc) is 2.73. The fourth-order valence-electron chi connectivity index (χ4n) is 2.14. The summed E-state index contributed by atoms with van der Waals surface area (Å²) in [5.74, 6) is -0.193. The first-order valence-corrected chi connectivity index (χ1v) is 6.41. The zero-order valence-corrected chi connectivity index (χ0v) is 12.1. The van der Waals surface area contributed by atoms with Crippen molar-refractivity contribution in [2.24, 2.45) is 0 Å². The fourth-order valence-corrected chi connectivity index (χ4v) is 2.14. The summed E-state index contributed by atoms with van der Waals surface area (Å²) >= 11 is 0. The van der Waals surface area contributed by atoms with E-state index in [1.54, 1.807) is 20.9 Å². The molecule has 0 fully saturated rings. The lowest BCUT2D eigenvalue weighted by atomic mass is 10.3. The van der Waals surface area contributed by atoms with Gasteiger partial charge in [-0.3, -0.25) is 19.6 Å². The van der Waals surface area contributed by atoms with Crippen molar-refractivity contribution in [1.82, 2.24) is 9.78 Å². The Labute approximate surface area is 121 Å². The second-order valence-electron chi connectivity index (χ2n) is 4.72. The average molecular weight is 288 g/mol. The number of hydrogen-bond acceptors (Lipinski definition) is 4. The van der Waals surface area contributed by atoms with E-state index < -0.39 is 4.92 Å². The van der Waals surface area contributed by atoms with Crippen LogP contribution < -0.4 is 4.90 Å².